The van der Waals surface area contributed by atoms with E-state index in [-0.39, 0.29) is 11.5 Å². The van der Waals surface area contributed by atoms with Crippen molar-refractivity contribution >= 4 is 27.3 Å². The molecule has 4 aromatic carbocycles. The van der Waals surface area contributed by atoms with E-state index in [2.05, 4.69) is 23.1 Å². The fourth-order valence-electron chi connectivity index (χ4n) is 4.81. The molecule has 1 aliphatic heterocycles. The molecule has 5 rings (SSSR count). The van der Waals surface area contributed by atoms with Gasteiger partial charge in [-0.2, -0.15) is 0 Å². The normalized spacial score (nSPS) is 14.6. The first-order valence-corrected chi connectivity index (χ1v) is 11.7. The van der Waals surface area contributed by atoms with Crippen molar-refractivity contribution in [2.45, 2.75) is 26.2 Å². The van der Waals surface area contributed by atoms with E-state index < -0.39 is 0 Å². The van der Waals surface area contributed by atoms with Crippen molar-refractivity contribution in [3.8, 4) is 22.6 Å². The maximum absolute atomic E-state index is 12.1. The van der Waals surface area contributed by atoms with Crippen LogP contribution in [0.25, 0.3) is 32.7 Å². The Morgan fingerprint density at radius 3 is 2.39 bits per heavy atom. The van der Waals surface area contributed by atoms with Crippen LogP contribution in [0.5, 0.6) is 11.5 Å². The Labute approximate surface area is 194 Å². The molecule has 4 nitrogen and oxygen atoms in total. The molecule has 0 bridgehead atoms. The summed E-state index contributed by atoms with van der Waals surface area (Å²) in [5.74, 6) is 1.15. The summed E-state index contributed by atoms with van der Waals surface area (Å²) in [4.78, 5) is 14.5. The van der Waals surface area contributed by atoms with Crippen LogP contribution in [0.1, 0.15) is 36.5 Å². The molecule has 4 heteroatoms. The van der Waals surface area contributed by atoms with Gasteiger partial charge in [0.1, 0.15) is 18.1 Å². The number of benzene rings is 4. The van der Waals surface area contributed by atoms with E-state index in [0.717, 1.165) is 45.0 Å². The van der Waals surface area contributed by atoms with E-state index in [0.29, 0.717) is 12.2 Å². The third kappa shape index (κ3) is 4.57. The Bertz CT molecular complexity index is 1300. The number of phenols is 1. The molecule has 0 aliphatic carbocycles. The molecule has 4 aromatic rings. The standard InChI is InChI=1S/C29H29NO3/c1-20(31)22-7-11-27-26-12-8-24(32)17-23(26)19-28(29(27)18-22)21-5-9-25(10-6-21)33-16-15-30-13-3-2-4-14-30/h5-12,17-19,32H,2-4,13-16H2,1H3. The minimum atomic E-state index is 0.0473. The monoisotopic (exact) mass is 439 g/mol. The zero-order chi connectivity index (χ0) is 22.8. The number of ether oxygens (including phenoxy) is 1. The molecule has 1 heterocycles. The number of Topliss-reactive ketones (excluding diaryl/α,β-unsaturated/α-hetero) is 1. The fourth-order valence-corrected chi connectivity index (χ4v) is 4.81. The molecule has 0 atom stereocenters. The van der Waals surface area contributed by atoms with Gasteiger partial charge in [0.25, 0.3) is 0 Å². The SMILES string of the molecule is CC(=O)c1ccc2c(c1)c(-c1ccc(OCCN3CCCCC3)cc1)cc1cc(O)ccc12. The quantitative estimate of drug-likeness (QED) is 0.278. The largest absolute Gasteiger partial charge is 0.508 e. The number of hydrogen-bond donors (Lipinski definition) is 1. The van der Waals surface area contributed by atoms with Gasteiger partial charge in [-0.05, 0) is 102 Å². The van der Waals surface area contributed by atoms with Crippen LogP contribution in [0.3, 0.4) is 0 Å². The first kappa shape index (κ1) is 21.5. The molecule has 0 amide bonds. The highest BCUT2D eigenvalue weighted by Gasteiger charge is 2.13. The number of hydrogen-bond acceptors (Lipinski definition) is 4. The number of phenolic OH excluding ortho intramolecular Hbond substituents is 1. The Morgan fingerprint density at radius 2 is 1.64 bits per heavy atom. The van der Waals surface area contributed by atoms with Crippen LogP contribution >= 0.6 is 0 Å². The van der Waals surface area contributed by atoms with Crippen molar-refractivity contribution in [1.29, 1.82) is 0 Å². The minimum absolute atomic E-state index is 0.0473. The van der Waals surface area contributed by atoms with Crippen molar-refractivity contribution < 1.29 is 14.6 Å². The predicted molar refractivity (Wildman–Crippen MR) is 134 cm³/mol. The molecule has 1 N–H and O–H groups in total. The summed E-state index contributed by atoms with van der Waals surface area (Å²) in [5, 5.41) is 14.1. The number of fused-ring (bicyclic) bond motifs is 3. The van der Waals surface area contributed by atoms with Gasteiger partial charge in [0.2, 0.25) is 0 Å². The predicted octanol–water partition coefficient (Wildman–Crippen LogP) is 6.43. The second kappa shape index (κ2) is 9.24. The fraction of sp³-hybridized carbons (Fsp3) is 0.276. The van der Waals surface area contributed by atoms with E-state index in [4.69, 9.17) is 4.74 Å². The van der Waals surface area contributed by atoms with E-state index >= 15 is 0 Å². The molecule has 0 unspecified atom stereocenters. The summed E-state index contributed by atoms with van der Waals surface area (Å²) in [6.07, 6.45) is 3.92. The van der Waals surface area contributed by atoms with E-state index in [1.807, 2.05) is 36.4 Å². The molecular weight excluding hydrogens is 410 g/mol. The number of rotatable bonds is 6. The van der Waals surface area contributed by atoms with Crippen LogP contribution in [0.15, 0.2) is 66.7 Å². The van der Waals surface area contributed by atoms with E-state index in [9.17, 15) is 9.90 Å². The summed E-state index contributed by atoms with van der Waals surface area (Å²) < 4.78 is 6.00. The number of carbonyl (C=O) groups excluding carboxylic acids is 1. The highest BCUT2D eigenvalue weighted by molar-refractivity contribution is 6.15. The van der Waals surface area contributed by atoms with Crippen molar-refractivity contribution in [3.05, 3.63) is 72.3 Å². The first-order valence-electron chi connectivity index (χ1n) is 11.7. The van der Waals surface area contributed by atoms with Gasteiger partial charge < -0.3 is 9.84 Å². The number of carbonyl (C=O) groups is 1. The molecule has 1 saturated heterocycles. The Morgan fingerprint density at radius 1 is 0.879 bits per heavy atom. The van der Waals surface area contributed by atoms with E-state index in [1.54, 1.807) is 19.1 Å². The average Bonchev–Trinajstić information content (AvgIpc) is 2.84. The Kier molecular flexibility index (Phi) is 6.01. The lowest BCUT2D eigenvalue weighted by Crippen LogP contribution is -2.33. The van der Waals surface area contributed by atoms with Crippen LogP contribution < -0.4 is 4.74 Å². The lowest BCUT2D eigenvalue weighted by Gasteiger charge is -2.26. The molecule has 0 spiro atoms. The molecule has 0 radical (unpaired) electrons. The van der Waals surface area contributed by atoms with Crippen LogP contribution in [-0.4, -0.2) is 42.0 Å². The number of aromatic hydroxyl groups is 1. The third-order valence-corrected chi connectivity index (χ3v) is 6.63. The van der Waals surface area contributed by atoms with Crippen molar-refractivity contribution in [3.63, 3.8) is 0 Å². The van der Waals surface area contributed by atoms with Gasteiger partial charge in [-0.15, -0.1) is 0 Å². The second-order valence-corrected chi connectivity index (χ2v) is 8.92. The van der Waals surface area contributed by atoms with Gasteiger partial charge in [0.15, 0.2) is 5.78 Å². The molecule has 168 valence electrons. The van der Waals surface area contributed by atoms with Crippen molar-refractivity contribution in [1.82, 2.24) is 4.90 Å². The van der Waals surface area contributed by atoms with Gasteiger partial charge in [0.05, 0.1) is 0 Å². The van der Waals surface area contributed by atoms with Gasteiger partial charge in [0, 0.05) is 12.1 Å². The highest BCUT2D eigenvalue weighted by Crippen LogP contribution is 2.37. The molecule has 1 aliphatic rings. The summed E-state index contributed by atoms with van der Waals surface area (Å²) >= 11 is 0. The van der Waals surface area contributed by atoms with Crippen LogP contribution in [0.4, 0.5) is 0 Å². The lowest BCUT2D eigenvalue weighted by atomic mass is 9.91. The summed E-state index contributed by atoms with van der Waals surface area (Å²) in [6, 6.07) is 21.5. The number of likely N-dealkylation sites (tertiary alicyclic amines) is 1. The summed E-state index contributed by atoms with van der Waals surface area (Å²) in [6.45, 7) is 5.61. The summed E-state index contributed by atoms with van der Waals surface area (Å²) in [5.41, 5.74) is 2.78. The van der Waals surface area contributed by atoms with E-state index in [1.165, 1.54) is 32.4 Å². The molecule has 1 fully saturated rings. The van der Waals surface area contributed by atoms with Crippen LogP contribution in [0.2, 0.25) is 0 Å². The highest BCUT2D eigenvalue weighted by atomic mass is 16.5. The lowest BCUT2D eigenvalue weighted by molar-refractivity contribution is 0.101. The van der Waals surface area contributed by atoms with Gasteiger partial charge >= 0.3 is 0 Å². The third-order valence-electron chi connectivity index (χ3n) is 6.63. The number of nitrogens with zero attached hydrogens (tertiary/aromatic N) is 1. The van der Waals surface area contributed by atoms with Gasteiger partial charge in [-0.25, -0.2) is 0 Å². The second-order valence-electron chi connectivity index (χ2n) is 8.92. The van der Waals surface area contributed by atoms with Gasteiger partial charge in [-0.1, -0.05) is 36.8 Å². The van der Waals surface area contributed by atoms with Crippen LogP contribution in [0, 0.1) is 0 Å². The van der Waals surface area contributed by atoms with Gasteiger partial charge in [-0.3, -0.25) is 9.69 Å². The zero-order valence-electron chi connectivity index (χ0n) is 19.0. The van der Waals surface area contributed by atoms with Crippen LogP contribution in [-0.2, 0) is 0 Å². The Hall–Kier alpha value is -3.37. The van der Waals surface area contributed by atoms with Crippen molar-refractivity contribution in [2.24, 2.45) is 0 Å². The molecule has 33 heavy (non-hydrogen) atoms. The Balaban J connectivity index is 1.47. The molecule has 0 saturated carbocycles. The van der Waals surface area contributed by atoms with Crippen molar-refractivity contribution in [2.75, 3.05) is 26.2 Å². The topological polar surface area (TPSA) is 49.8 Å². The summed E-state index contributed by atoms with van der Waals surface area (Å²) in [7, 11) is 0. The first-order chi connectivity index (χ1) is 16.1. The zero-order valence-corrected chi connectivity index (χ0v) is 19.0. The molecule has 0 aromatic heterocycles. The number of piperidine rings is 1. The average molecular weight is 440 g/mol. The number of ketones is 1. The molecular formula is C29H29NO3. The smallest absolute Gasteiger partial charge is 0.159 e. The maximum atomic E-state index is 12.1. The minimum Gasteiger partial charge on any atom is -0.508 e. The maximum Gasteiger partial charge on any atom is 0.159 e.